The zero-order chi connectivity index (χ0) is 10.4. The molecule has 0 aliphatic carbocycles. The van der Waals surface area contributed by atoms with E-state index >= 15 is 0 Å². The Morgan fingerprint density at radius 2 is 2.07 bits per heavy atom. The van der Waals surface area contributed by atoms with Gasteiger partial charge in [-0.25, -0.2) is 0 Å². The summed E-state index contributed by atoms with van der Waals surface area (Å²) in [7, 11) is 0. The Kier molecular flexibility index (Phi) is 4.48. The Bertz CT molecular complexity index is 244. The molecule has 1 aliphatic rings. The maximum absolute atomic E-state index is 10.7. The third-order valence-corrected chi connectivity index (χ3v) is 2.54. The summed E-state index contributed by atoms with van der Waals surface area (Å²) in [4.78, 5) is 12.9. The summed E-state index contributed by atoms with van der Waals surface area (Å²) in [5, 5.41) is 8.79. The minimum absolute atomic E-state index is 0.134. The van der Waals surface area contributed by atoms with Crippen LogP contribution in [0.4, 0.5) is 0 Å². The van der Waals surface area contributed by atoms with Gasteiger partial charge in [0.25, 0.3) is 0 Å². The van der Waals surface area contributed by atoms with Crippen molar-refractivity contribution in [2.45, 2.75) is 26.2 Å². The number of hydrogen-bond acceptors (Lipinski definition) is 2. The van der Waals surface area contributed by atoms with Crippen molar-refractivity contribution < 1.29 is 9.90 Å². The van der Waals surface area contributed by atoms with Crippen LogP contribution in [-0.4, -0.2) is 35.6 Å². The van der Waals surface area contributed by atoms with Crippen LogP contribution in [0.5, 0.6) is 0 Å². The second-order valence-electron chi connectivity index (χ2n) is 3.60. The highest BCUT2D eigenvalue weighted by Crippen LogP contribution is 2.16. The lowest BCUT2D eigenvalue weighted by molar-refractivity contribution is -0.143. The molecule has 1 heterocycles. The van der Waals surface area contributed by atoms with Gasteiger partial charge in [0.2, 0.25) is 0 Å². The SMILES string of the molecule is CCC#CCN1CCC(C(=O)O)CC1. The molecule has 0 unspecified atom stereocenters. The van der Waals surface area contributed by atoms with Gasteiger partial charge in [-0.2, -0.15) is 0 Å². The first kappa shape index (κ1) is 11.1. The molecule has 14 heavy (non-hydrogen) atoms. The predicted molar refractivity (Wildman–Crippen MR) is 54.9 cm³/mol. The second-order valence-corrected chi connectivity index (χ2v) is 3.60. The summed E-state index contributed by atoms with van der Waals surface area (Å²) in [5.74, 6) is 5.32. The average molecular weight is 195 g/mol. The molecule has 78 valence electrons. The highest BCUT2D eigenvalue weighted by molar-refractivity contribution is 5.70. The van der Waals surface area contributed by atoms with Gasteiger partial charge in [0.1, 0.15) is 0 Å². The predicted octanol–water partition coefficient (Wildman–Crippen LogP) is 1.20. The number of carboxylic acids is 1. The van der Waals surface area contributed by atoms with E-state index in [0.717, 1.165) is 38.9 Å². The molecule has 0 amide bonds. The largest absolute Gasteiger partial charge is 0.481 e. The van der Waals surface area contributed by atoms with E-state index in [0.29, 0.717) is 0 Å². The quantitative estimate of drug-likeness (QED) is 0.673. The first-order chi connectivity index (χ1) is 6.74. The van der Waals surface area contributed by atoms with Crippen molar-refractivity contribution in [3.8, 4) is 11.8 Å². The molecular formula is C11H17NO2. The Morgan fingerprint density at radius 3 is 2.57 bits per heavy atom. The van der Waals surface area contributed by atoms with Crippen LogP contribution in [0, 0.1) is 17.8 Å². The van der Waals surface area contributed by atoms with Crippen molar-refractivity contribution in [3.63, 3.8) is 0 Å². The smallest absolute Gasteiger partial charge is 0.306 e. The van der Waals surface area contributed by atoms with E-state index < -0.39 is 5.97 Å². The number of carboxylic acid groups (broad SMARTS) is 1. The molecule has 1 aliphatic heterocycles. The summed E-state index contributed by atoms with van der Waals surface area (Å²) in [6.07, 6.45) is 2.43. The zero-order valence-corrected chi connectivity index (χ0v) is 8.62. The molecule has 3 nitrogen and oxygen atoms in total. The molecule has 1 N–H and O–H groups in total. The molecule has 1 rings (SSSR count). The third kappa shape index (κ3) is 3.39. The van der Waals surface area contributed by atoms with Crippen LogP contribution in [-0.2, 0) is 4.79 Å². The van der Waals surface area contributed by atoms with Gasteiger partial charge in [-0.3, -0.25) is 9.69 Å². The van der Waals surface area contributed by atoms with Gasteiger partial charge in [0.05, 0.1) is 12.5 Å². The van der Waals surface area contributed by atoms with Gasteiger partial charge in [0.15, 0.2) is 0 Å². The maximum Gasteiger partial charge on any atom is 0.306 e. The van der Waals surface area contributed by atoms with Crippen molar-refractivity contribution in [2.24, 2.45) is 5.92 Å². The summed E-state index contributed by atoms with van der Waals surface area (Å²) in [6, 6.07) is 0. The number of rotatable bonds is 2. The van der Waals surface area contributed by atoms with E-state index in [1.807, 2.05) is 6.92 Å². The number of carbonyl (C=O) groups is 1. The van der Waals surface area contributed by atoms with Crippen LogP contribution < -0.4 is 0 Å². The van der Waals surface area contributed by atoms with Crippen LogP contribution in [0.1, 0.15) is 26.2 Å². The van der Waals surface area contributed by atoms with Crippen LogP contribution in [0.25, 0.3) is 0 Å². The lowest BCUT2D eigenvalue weighted by Crippen LogP contribution is -2.36. The third-order valence-electron chi connectivity index (χ3n) is 2.54. The maximum atomic E-state index is 10.7. The number of likely N-dealkylation sites (tertiary alicyclic amines) is 1. The lowest BCUT2D eigenvalue weighted by Gasteiger charge is -2.28. The van der Waals surface area contributed by atoms with Crippen LogP contribution >= 0.6 is 0 Å². The molecule has 0 aromatic carbocycles. The van der Waals surface area contributed by atoms with E-state index in [2.05, 4.69) is 16.7 Å². The molecule has 1 fully saturated rings. The fourth-order valence-electron chi connectivity index (χ4n) is 1.63. The number of piperidine rings is 1. The second kappa shape index (κ2) is 5.66. The Hall–Kier alpha value is -1.01. The van der Waals surface area contributed by atoms with E-state index in [9.17, 15) is 4.79 Å². The lowest BCUT2D eigenvalue weighted by atomic mass is 9.97. The molecule has 0 radical (unpaired) electrons. The summed E-state index contributed by atoms with van der Waals surface area (Å²) in [5.41, 5.74) is 0. The molecule has 0 bridgehead atoms. The van der Waals surface area contributed by atoms with E-state index in [-0.39, 0.29) is 5.92 Å². The normalized spacial score (nSPS) is 18.6. The van der Waals surface area contributed by atoms with Crippen LogP contribution in [0.3, 0.4) is 0 Å². The summed E-state index contributed by atoms with van der Waals surface area (Å²) >= 11 is 0. The summed E-state index contributed by atoms with van der Waals surface area (Å²) < 4.78 is 0. The molecule has 0 spiro atoms. The van der Waals surface area contributed by atoms with Gasteiger partial charge < -0.3 is 5.11 Å². The van der Waals surface area contributed by atoms with Crippen molar-refractivity contribution in [1.29, 1.82) is 0 Å². The molecule has 1 saturated heterocycles. The molecular weight excluding hydrogens is 178 g/mol. The number of aliphatic carboxylic acids is 1. The zero-order valence-electron chi connectivity index (χ0n) is 8.62. The van der Waals surface area contributed by atoms with Gasteiger partial charge in [0, 0.05) is 6.42 Å². The minimum Gasteiger partial charge on any atom is -0.481 e. The van der Waals surface area contributed by atoms with E-state index in [4.69, 9.17) is 5.11 Å². The highest BCUT2D eigenvalue weighted by atomic mass is 16.4. The molecule has 0 aromatic heterocycles. The fraction of sp³-hybridized carbons (Fsp3) is 0.727. The molecule has 0 atom stereocenters. The van der Waals surface area contributed by atoms with Gasteiger partial charge in [-0.15, -0.1) is 5.92 Å². The molecule has 0 saturated carbocycles. The van der Waals surface area contributed by atoms with Crippen molar-refractivity contribution in [2.75, 3.05) is 19.6 Å². The fourth-order valence-corrected chi connectivity index (χ4v) is 1.63. The summed E-state index contributed by atoms with van der Waals surface area (Å²) in [6.45, 7) is 4.56. The van der Waals surface area contributed by atoms with Crippen LogP contribution in [0.15, 0.2) is 0 Å². The van der Waals surface area contributed by atoms with Crippen LogP contribution in [0.2, 0.25) is 0 Å². The first-order valence-corrected chi connectivity index (χ1v) is 5.15. The van der Waals surface area contributed by atoms with Crippen molar-refractivity contribution >= 4 is 5.97 Å². The monoisotopic (exact) mass is 195 g/mol. The Balaban J connectivity index is 2.25. The van der Waals surface area contributed by atoms with Crippen molar-refractivity contribution in [1.82, 2.24) is 4.90 Å². The first-order valence-electron chi connectivity index (χ1n) is 5.15. The molecule has 3 heteroatoms. The average Bonchev–Trinajstić information content (AvgIpc) is 2.19. The molecule has 0 aromatic rings. The standard InChI is InChI=1S/C11H17NO2/c1-2-3-4-7-12-8-5-10(6-9-12)11(13)14/h10H,2,5-9H2,1H3,(H,13,14). The van der Waals surface area contributed by atoms with E-state index in [1.165, 1.54) is 0 Å². The van der Waals surface area contributed by atoms with Gasteiger partial charge >= 0.3 is 5.97 Å². The Morgan fingerprint density at radius 1 is 1.43 bits per heavy atom. The van der Waals surface area contributed by atoms with Gasteiger partial charge in [-0.1, -0.05) is 12.8 Å². The highest BCUT2D eigenvalue weighted by Gasteiger charge is 2.23. The topological polar surface area (TPSA) is 40.5 Å². The van der Waals surface area contributed by atoms with Crippen molar-refractivity contribution in [3.05, 3.63) is 0 Å². The number of hydrogen-bond donors (Lipinski definition) is 1. The van der Waals surface area contributed by atoms with Gasteiger partial charge in [-0.05, 0) is 25.9 Å². The van der Waals surface area contributed by atoms with E-state index in [1.54, 1.807) is 0 Å². The minimum atomic E-state index is -0.649. The Labute approximate surface area is 85.1 Å². The number of nitrogens with zero attached hydrogens (tertiary/aromatic N) is 1.